The molecule has 28 heavy (non-hydrogen) atoms. The number of sulfonamides is 1. The van der Waals surface area contributed by atoms with Gasteiger partial charge in [0.2, 0.25) is 10.0 Å². The lowest BCUT2D eigenvalue weighted by atomic mass is 9.95. The van der Waals surface area contributed by atoms with Gasteiger partial charge in [-0.05, 0) is 56.5 Å². The molecule has 3 N–H and O–H groups in total. The maximum absolute atomic E-state index is 13.2. The van der Waals surface area contributed by atoms with Gasteiger partial charge in [0.1, 0.15) is 17.1 Å². The quantitative estimate of drug-likeness (QED) is 0.803. The van der Waals surface area contributed by atoms with Crippen LogP contribution in [0.3, 0.4) is 0 Å². The Bertz CT molecular complexity index is 998. The van der Waals surface area contributed by atoms with E-state index in [0.29, 0.717) is 18.7 Å². The summed E-state index contributed by atoms with van der Waals surface area (Å²) in [6.07, 6.45) is 4.01. The number of benzene rings is 1. The molecule has 0 fully saturated rings. The molecule has 1 aliphatic heterocycles. The average Bonchev–Trinajstić information content (AvgIpc) is 3.09. The molecule has 0 bridgehead atoms. The van der Waals surface area contributed by atoms with Crippen molar-refractivity contribution in [3.63, 3.8) is 0 Å². The Morgan fingerprint density at radius 2 is 1.82 bits per heavy atom. The van der Waals surface area contributed by atoms with Gasteiger partial charge in [-0.3, -0.25) is 4.39 Å². The number of nitrogens with one attached hydrogen (secondary N) is 1. The number of aromatic nitrogens is 2. The molecule has 1 atom stereocenters. The number of dihydropyridines is 1. The predicted molar refractivity (Wildman–Crippen MR) is 100 cm³/mol. The third-order valence-corrected chi connectivity index (χ3v) is 5.03. The Balaban J connectivity index is 0.00000136. The number of halogens is 3. The fourth-order valence-electron chi connectivity index (χ4n) is 2.88. The van der Waals surface area contributed by atoms with Gasteiger partial charge in [0.25, 0.3) is 6.43 Å². The molecule has 6 nitrogen and oxygen atoms in total. The zero-order valence-electron chi connectivity index (χ0n) is 15.5. The van der Waals surface area contributed by atoms with Crippen LogP contribution in [0.15, 0.2) is 59.3 Å². The largest absolute Gasteiger partial charge is 0.376 e. The van der Waals surface area contributed by atoms with Gasteiger partial charge < -0.3 is 9.88 Å². The van der Waals surface area contributed by atoms with E-state index in [4.69, 9.17) is 5.14 Å². The molecule has 10 heteroatoms. The molecule has 2 heterocycles. The summed E-state index contributed by atoms with van der Waals surface area (Å²) in [4.78, 5) is 4.06. The number of hydrogen-bond donors (Lipinski definition) is 2. The van der Waals surface area contributed by atoms with Gasteiger partial charge in [0, 0.05) is 11.9 Å². The van der Waals surface area contributed by atoms with Crippen LogP contribution in [0.25, 0.3) is 5.69 Å². The summed E-state index contributed by atoms with van der Waals surface area (Å²) in [7, 11) is -3.34. The van der Waals surface area contributed by atoms with Crippen LogP contribution in [-0.4, -0.2) is 25.1 Å². The maximum Gasteiger partial charge on any atom is 0.281 e. The Labute approximate surface area is 161 Å². The third-order valence-electron chi connectivity index (χ3n) is 4.10. The molecule has 3 rings (SSSR count). The molecule has 0 amide bonds. The molecule has 1 aliphatic rings. The summed E-state index contributed by atoms with van der Waals surface area (Å²) >= 11 is 0. The molecule has 0 saturated carbocycles. The molecule has 0 radical (unpaired) electrons. The van der Waals surface area contributed by atoms with Crippen molar-refractivity contribution in [2.24, 2.45) is 5.14 Å². The smallest absolute Gasteiger partial charge is 0.281 e. The minimum Gasteiger partial charge on any atom is -0.376 e. The van der Waals surface area contributed by atoms with Gasteiger partial charge in [-0.2, -0.15) is 0 Å². The lowest BCUT2D eigenvalue weighted by molar-refractivity contribution is 0.146. The highest BCUT2D eigenvalue weighted by Crippen LogP contribution is 2.31. The van der Waals surface area contributed by atoms with E-state index < -0.39 is 22.0 Å². The molecule has 1 unspecified atom stereocenters. The predicted octanol–water partition coefficient (Wildman–Crippen LogP) is 3.32. The minimum absolute atomic E-state index is 0.0577. The van der Waals surface area contributed by atoms with Crippen LogP contribution in [0.1, 0.15) is 31.8 Å². The first kappa shape index (κ1) is 21.7. The van der Waals surface area contributed by atoms with Crippen LogP contribution < -0.4 is 10.5 Å². The summed E-state index contributed by atoms with van der Waals surface area (Å²) in [6.45, 7) is 3.73. The SMILES string of the molecule is CC1=CC(C)(c2nc(C(F)F)cn2-c2ccc(S(N)(=O)=O)cc2)NC=C1.CF. The maximum atomic E-state index is 13.2. The van der Waals surface area contributed by atoms with Gasteiger partial charge in [0.15, 0.2) is 0 Å². The molecular formula is C18H21F3N4O2S. The van der Waals surface area contributed by atoms with E-state index in [1.165, 1.54) is 35.0 Å². The van der Waals surface area contributed by atoms with Gasteiger partial charge in [-0.25, -0.2) is 27.3 Å². The Kier molecular flexibility index (Phi) is 6.35. The van der Waals surface area contributed by atoms with E-state index in [2.05, 4.69) is 10.3 Å². The first-order valence-electron chi connectivity index (χ1n) is 8.13. The van der Waals surface area contributed by atoms with Crippen molar-refractivity contribution in [2.45, 2.75) is 30.7 Å². The Hall–Kier alpha value is -2.59. The van der Waals surface area contributed by atoms with Crippen molar-refractivity contribution < 1.29 is 21.6 Å². The molecule has 0 spiro atoms. The minimum atomic E-state index is -3.84. The van der Waals surface area contributed by atoms with Crippen molar-refractivity contribution >= 4 is 10.0 Å². The molecule has 0 saturated heterocycles. The van der Waals surface area contributed by atoms with E-state index in [1.54, 1.807) is 6.20 Å². The highest BCUT2D eigenvalue weighted by atomic mass is 32.2. The molecule has 1 aromatic carbocycles. The molecular weight excluding hydrogens is 393 g/mol. The van der Waals surface area contributed by atoms with E-state index >= 15 is 0 Å². The number of rotatable bonds is 4. The van der Waals surface area contributed by atoms with Gasteiger partial charge >= 0.3 is 0 Å². The van der Waals surface area contributed by atoms with Crippen molar-refractivity contribution in [3.8, 4) is 5.69 Å². The van der Waals surface area contributed by atoms with Crippen LogP contribution >= 0.6 is 0 Å². The van der Waals surface area contributed by atoms with Crippen LogP contribution in [-0.2, 0) is 15.6 Å². The first-order valence-corrected chi connectivity index (χ1v) is 9.67. The van der Waals surface area contributed by atoms with Gasteiger partial charge in [0.05, 0.1) is 12.1 Å². The summed E-state index contributed by atoms with van der Waals surface area (Å²) < 4.78 is 60.3. The van der Waals surface area contributed by atoms with Crippen molar-refractivity contribution in [1.29, 1.82) is 0 Å². The first-order chi connectivity index (χ1) is 13.1. The van der Waals surface area contributed by atoms with E-state index in [1.807, 2.05) is 26.0 Å². The second kappa shape index (κ2) is 8.19. The molecule has 152 valence electrons. The van der Waals surface area contributed by atoms with Crippen LogP contribution in [0, 0.1) is 0 Å². The van der Waals surface area contributed by atoms with Gasteiger partial charge in [-0.1, -0.05) is 5.57 Å². The Morgan fingerprint density at radius 3 is 2.32 bits per heavy atom. The zero-order valence-corrected chi connectivity index (χ0v) is 16.3. The number of nitrogens with zero attached hydrogens (tertiary/aromatic N) is 2. The number of nitrogens with two attached hydrogens (primary N) is 1. The number of hydrogen-bond acceptors (Lipinski definition) is 4. The lowest BCUT2D eigenvalue weighted by Crippen LogP contribution is -2.38. The fraction of sp³-hybridized carbons (Fsp3) is 0.278. The normalized spacial score (nSPS) is 18.9. The topological polar surface area (TPSA) is 90.0 Å². The van der Waals surface area contributed by atoms with Crippen molar-refractivity contribution in [2.75, 3.05) is 7.18 Å². The number of allylic oxidation sites excluding steroid dienone is 2. The highest BCUT2D eigenvalue weighted by Gasteiger charge is 2.32. The van der Waals surface area contributed by atoms with Crippen LogP contribution in [0.2, 0.25) is 0 Å². The fourth-order valence-corrected chi connectivity index (χ4v) is 3.40. The zero-order chi connectivity index (χ0) is 21.1. The summed E-state index contributed by atoms with van der Waals surface area (Å²) in [6, 6.07) is 5.65. The second-order valence-electron chi connectivity index (χ2n) is 6.27. The average molecular weight is 414 g/mol. The van der Waals surface area contributed by atoms with Crippen LogP contribution in [0.5, 0.6) is 0 Å². The standard InChI is InChI=1S/C17H18F2N4O2S.CH3F/c1-11-7-8-21-17(2,9-11)16-22-14(15(18)19)10-23(16)12-3-5-13(6-4-12)26(20,24)25;1-2/h3-10,15,21H,1-2H3,(H2,20,24,25);1H3. The monoisotopic (exact) mass is 414 g/mol. The van der Waals surface area contributed by atoms with E-state index in [0.717, 1.165) is 5.57 Å². The number of alkyl halides is 3. The molecule has 1 aromatic heterocycles. The van der Waals surface area contributed by atoms with Crippen molar-refractivity contribution in [1.82, 2.24) is 14.9 Å². The summed E-state index contributed by atoms with van der Waals surface area (Å²) in [5.74, 6) is 0.361. The number of imidazole rings is 1. The molecule has 0 aliphatic carbocycles. The van der Waals surface area contributed by atoms with Crippen molar-refractivity contribution in [3.05, 3.63) is 65.9 Å². The van der Waals surface area contributed by atoms with Crippen LogP contribution in [0.4, 0.5) is 13.2 Å². The lowest BCUT2D eigenvalue weighted by Gasteiger charge is -2.30. The number of primary sulfonamides is 1. The summed E-state index contributed by atoms with van der Waals surface area (Å²) in [5.41, 5.74) is 0.295. The Morgan fingerprint density at radius 1 is 1.21 bits per heavy atom. The van der Waals surface area contributed by atoms with Gasteiger partial charge in [-0.15, -0.1) is 0 Å². The summed E-state index contributed by atoms with van der Waals surface area (Å²) in [5, 5.41) is 8.24. The third kappa shape index (κ3) is 4.45. The molecule has 2 aromatic rings. The van der Waals surface area contributed by atoms with E-state index in [-0.39, 0.29) is 10.6 Å². The highest BCUT2D eigenvalue weighted by molar-refractivity contribution is 7.89. The second-order valence-corrected chi connectivity index (χ2v) is 7.83. The van der Waals surface area contributed by atoms with E-state index in [9.17, 15) is 21.6 Å².